The van der Waals surface area contributed by atoms with E-state index in [0.717, 1.165) is 30.6 Å². The zero-order valence-corrected chi connectivity index (χ0v) is 12.0. The quantitative estimate of drug-likeness (QED) is 0.752. The van der Waals surface area contributed by atoms with Gasteiger partial charge in [-0.25, -0.2) is 4.79 Å². The van der Waals surface area contributed by atoms with E-state index < -0.39 is 5.97 Å². The molecule has 2 N–H and O–H groups in total. The Labute approximate surface area is 124 Å². The summed E-state index contributed by atoms with van der Waals surface area (Å²) in [7, 11) is 0. The Morgan fingerprint density at radius 1 is 1.36 bits per heavy atom. The van der Waals surface area contributed by atoms with E-state index in [1.54, 1.807) is 17.4 Å². The molecule has 1 aromatic carbocycles. The van der Waals surface area contributed by atoms with Gasteiger partial charge in [-0.1, -0.05) is 6.42 Å². The number of hydrogen-bond donors (Lipinski definition) is 2. The highest BCUT2D eigenvalue weighted by molar-refractivity contribution is 5.94. The molecule has 7 heteroatoms. The van der Waals surface area contributed by atoms with Gasteiger partial charge in [-0.05, 0) is 37.5 Å². The SMILES string of the molecule is Cc1cc2c(cc1C(=O)O)[nH]c(=O)c1nnc(C3CCC3)n12. The van der Waals surface area contributed by atoms with E-state index in [4.69, 9.17) is 0 Å². The van der Waals surface area contributed by atoms with Crippen LogP contribution < -0.4 is 5.56 Å². The number of carbonyl (C=O) groups is 1. The van der Waals surface area contributed by atoms with Gasteiger partial charge in [0.25, 0.3) is 5.56 Å². The number of hydrogen-bond acceptors (Lipinski definition) is 4. The molecule has 0 radical (unpaired) electrons. The minimum absolute atomic E-state index is 0.181. The largest absolute Gasteiger partial charge is 0.478 e. The minimum Gasteiger partial charge on any atom is -0.478 e. The van der Waals surface area contributed by atoms with Crippen molar-refractivity contribution in [3.8, 4) is 0 Å². The van der Waals surface area contributed by atoms with Gasteiger partial charge < -0.3 is 10.1 Å². The normalized spacial score (nSPS) is 15.3. The highest BCUT2D eigenvalue weighted by Crippen LogP contribution is 2.36. The average Bonchev–Trinajstić information content (AvgIpc) is 2.82. The van der Waals surface area contributed by atoms with E-state index in [1.807, 2.05) is 0 Å². The van der Waals surface area contributed by atoms with Gasteiger partial charge in [0.15, 0.2) is 0 Å². The predicted octanol–water partition coefficient (Wildman–Crippen LogP) is 1.84. The Morgan fingerprint density at radius 3 is 2.77 bits per heavy atom. The van der Waals surface area contributed by atoms with Crippen LogP contribution in [0.4, 0.5) is 0 Å². The summed E-state index contributed by atoms with van der Waals surface area (Å²) in [6.45, 7) is 1.74. The van der Waals surface area contributed by atoms with Crippen LogP contribution in [0.2, 0.25) is 0 Å². The zero-order chi connectivity index (χ0) is 15.4. The molecule has 0 unspecified atom stereocenters. The Balaban J connectivity index is 2.13. The summed E-state index contributed by atoms with van der Waals surface area (Å²) in [6, 6.07) is 3.27. The maximum Gasteiger partial charge on any atom is 0.336 e. The van der Waals surface area contributed by atoms with Crippen LogP contribution in [0.3, 0.4) is 0 Å². The summed E-state index contributed by atoms with van der Waals surface area (Å²) in [5.74, 6) is 0.0996. The van der Waals surface area contributed by atoms with Crippen molar-refractivity contribution < 1.29 is 9.90 Å². The van der Waals surface area contributed by atoms with Crippen molar-refractivity contribution in [3.05, 3.63) is 39.4 Å². The molecule has 112 valence electrons. The fourth-order valence-corrected chi connectivity index (χ4v) is 3.00. The number of nitrogens with zero attached hydrogens (tertiary/aromatic N) is 3. The van der Waals surface area contributed by atoms with Crippen molar-refractivity contribution >= 4 is 22.6 Å². The molecule has 1 aliphatic carbocycles. The standard InChI is InChI=1S/C15H14N4O3/c1-7-5-11-10(6-9(7)15(21)22)16-14(20)13-18-17-12(19(11)13)8-3-2-4-8/h5-6,8H,2-4H2,1H3,(H,16,20)(H,21,22). The molecule has 0 aliphatic heterocycles. The lowest BCUT2D eigenvalue weighted by molar-refractivity contribution is 0.0696. The number of aromatic nitrogens is 4. The van der Waals surface area contributed by atoms with Crippen molar-refractivity contribution in [2.24, 2.45) is 0 Å². The van der Waals surface area contributed by atoms with Crippen molar-refractivity contribution in [1.82, 2.24) is 19.6 Å². The van der Waals surface area contributed by atoms with Gasteiger partial charge >= 0.3 is 5.97 Å². The Morgan fingerprint density at radius 2 is 2.14 bits per heavy atom. The maximum atomic E-state index is 12.2. The van der Waals surface area contributed by atoms with Gasteiger partial charge in [0, 0.05) is 5.92 Å². The molecule has 1 aliphatic rings. The molecule has 4 rings (SSSR count). The molecule has 0 saturated heterocycles. The summed E-state index contributed by atoms with van der Waals surface area (Å²) in [6.07, 6.45) is 3.24. The smallest absolute Gasteiger partial charge is 0.336 e. The highest BCUT2D eigenvalue weighted by atomic mass is 16.4. The van der Waals surface area contributed by atoms with Crippen molar-refractivity contribution in [3.63, 3.8) is 0 Å². The molecule has 1 fully saturated rings. The fourth-order valence-electron chi connectivity index (χ4n) is 3.00. The lowest BCUT2D eigenvalue weighted by atomic mass is 9.85. The Kier molecular flexibility index (Phi) is 2.60. The van der Waals surface area contributed by atoms with Crippen LogP contribution in [0, 0.1) is 6.92 Å². The molecule has 7 nitrogen and oxygen atoms in total. The molecule has 0 atom stereocenters. The minimum atomic E-state index is -1.01. The summed E-state index contributed by atoms with van der Waals surface area (Å²) < 4.78 is 1.77. The van der Waals surface area contributed by atoms with Gasteiger partial charge in [-0.3, -0.25) is 9.20 Å². The first kappa shape index (κ1) is 13.0. The number of aromatic carboxylic acids is 1. The zero-order valence-electron chi connectivity index (χ0n) is 12.0. The van der Waals surface area contributed by atoms with Gasteiger partial charge in [-0.15, -0.1) is 10.2 Å². The van der Waals surface area contributed by atoms with E-state index in [-0.39, 0.29) is 16.8 Å². The molecule has 3 aromatic rings. The predicted molar refractivity (Wildman–Crippen MR) is 79.4 cm³/mol. The molecule has 0 amide bonds. The molecule has 2 heterocycles. The average molecular weight is 298 g/mol. The second-order valence-corrected chi connectivity index (χ2v) is 5.79. The van der Waals surface area contributed by atoms with Crippen LogP contribution >= 0.6 is 0 Å². The van der Waals surface area contributed by atoms with Crippen LogP contribution in [-0.4, -0.2) is 30.7 Å². The topological polar surface area (TPSA) is 100 Å². The fraction of sp³-hybridized carbons (Fsp3) is 0.333. The van der Waals surface area contributed by atoms with Crippen molar-refractivity contribution in [2.75, 3.05) is 0 Å². The van der Waals surface area contributed by atoms with Gasteiger partial charge in [0.1, 0.15) is 5.82 Å². The van der Waals surface area contributed by atoms with E-state index >= 15 is 0 Å². The number of carboxylic acid groups (broad SMARTS) is 1. The number of rotatable bonds is 2. The lowest BCUT2D eigenvalue weighted by Gasteiger charge is -2.23. The summed E-state index contributed by atoms with van der Waals surface area (Å²) in [4.78, 5) is 26.1. The second kappa shape index (κ2) is 4.40. The lowest BCUT2D eigenvalue weighted by Crippen LogP contribution is -2.16. The molecule has 0 spiro atoms. The van der Waals surface area contributed by atoms with Crippen molar-refractivity contribution in [2.45, 2.75) is 32.1 Å². The third-order valence-corrected chi connectivity index (χ3v) is 4.42. The number of nitrogens with one attached hydrogen (secondary N) is 1. The Hall–Kier alpha value is -2.70. The highest BCUT2D eigenvalue weighted by Gasteiger charge is 2.26. The van der Waals surface area contributed by atoms with Crippen LogP contribution in [0.1, 0.15) is 46.9 Å². The van der Waals surface area contributed by atoms with Gasteiger partial charge in [0.05, 0.1) is 16.6 Å². The maximum absolute atomic E-state index is 12.2. The van der Waals surface area contributed by atoms with Crippen LogP contribution in [0.5, 0.6) is 0 Å². The van der Waals surface area contributed by atoms with Crippen LogP contribution in [0.15, 0.2) is 16.9 Å². The molecular weight excluding hydrogens is 284 g/mol. The third kappa shape index (κ3) is 1.68. The summed E-state index contributed by atoms with van der Waals surface area (Å²) >= 11 is 0. The van der Waals surface area contributed by atoms with E-state index in [1.165, 1.54) is 6.07 Å². The second-order valence-electron chi connectivity index (χ2n) is 5.79. The first-order chi connectivity index (χ1) is 10.6. The molecular formula is C15H14N4O3. The first-order valence-corrected chi connectivity index (χ1v) is 7.21. The van der Waals surface area contributed by atoms with E-state index in [9.17, 15) is 14.7 Å². The molecule has 22 heavy (non-hydrogen) atoms. The van der Waals surface area contributed by atoms with Gasteiger partial charge in [-0.2, -0.15) is 0 Å². The van der Waals surface area contributed by atoms with E-state index in [0.29, 0.717) is 17.0 Å². The number of aromatic amines is 1. The summed E-state index contributed by atoms with van der Waals surface area (Å²) in [5.41, 5.74) is 1.95. The summed E-state index contributed by atoms with van der Waals surface area (Å²) in [5, 5.41) is 17.4. The molecule has 0 bridgehead atoms. The van der Waals surface area contributed by atoms with Crippen LogP contribution in [0.25, 0.3) is 16.7 Å². The third-order valence-electron chi connectivity index (χ3n) is 4.42. The molecule has 1 saturated carbocycles. The Bertz CT molecular complexity index is 982. The monoisotopic (exact) mass is 298 g/mol. The number of fused-ring (bicyclic) bond motifs is 3. The van der Waals surface area contributed by atoms with E-state index in [2.05, 4.69) is 15.2 Å². The number of H-pyrrole nitrogens is 1. The molecule has 2 aromatic heterocycles. The first-order valence-electron chi connectivity index (χ1n) is 7.21. The van der Waals surface area contributed by atoms with Gasteiger partial charge in [0.2, 0.25) is 5.65 Å². The number of carboxylic acids is 1. The number of aryl methyl sites for hydroxylation is 1. The number of benzene rings is 1. The van der Waals surface area contributed by atoms with Crippen LogP contribution in [-0.2, 0) is 0 Å². The van der Waals surface area contributed by atoms with Crippen molar-refractivity contribution in [1.29, 1.82) is 0 Å².